The van der Waals surface area contributed by atoms with Crippen molar-refractivity contribution in [1.29, 1.82) is 0 Å². The summed E-state index contributed by atoms with van der Waals surface area (Å²) in [6, 6.07) is 5.54. The Morgan fingerprint density at radius 3 is 2.60 bits per heavy atom. The van der Waals surface area contributed by atoms with Crippen molar-refractivity contribution in [1.82, 2.24) is 20.2 Å². The number of carbonyl (C=O) groups excluding carboxylic acids is 1. The van der Waals surface area contributed by atoms with Gasteiger partial charge in [-0.2, -0.15) is 0 Å². The normalized spacial score (nSPS) is 16.2. The summed E-state index contributed by atoms with van der Waals surface area (Å²) in [5.41, 5.74) is 2.40. The Kier molecular flexibility index (Phi) is 5.41. The fourth-order valence-corrected chi connectivity index (χ4v) is 3.93. The lowest BCUT2D eigenvalue weighted by Crippen LogP contribution is -2.54. The van der Waals surface area contributed by atoms with Crippen LogP contribution in [-0.2, 0) is 11.3 Å². The van der Waals surface area contributed by atoms with Crippen molar-refractivity contribution in [3.63, 3.8) is 0 Å². The van der Waals surface area contributed by atoms with Crippen molar-refractivity contribution >= 4 is 16.7 Å². The summed E-state index contributed by atoms with van der Waals surface area (Å²) in [5, 5.41) is 4.03. The lowest BCUT2D eigenvalue weighted by Gasteiger charge is -2.39. The second-order valence-corrected chi connectivity index (χ2v) is 7.20. The van der Waals surface area contributed by atoms with Gasteiger partial charge in [-0.15, -0.1) is 0 Å². The molecule has 0 radical (unpaired) electrons. The number of nitrogens with zero attached hydrogens (tertiary/aromatic N) is 2. The number of rotatable bonds is 6. The minimum Gasteiger partial charge on any atom is -0.496 e. The number of nitrogens with one attached hydrogen (secondary N) is 2. The number of fused-ring (bicyclic) bond motifs is 1. The molecule has 1 fully saturated rings. The van der Waals surface area contributed by atoms with E-state index >= 15 is 0 Å². The number of hydrogen-bond donors (Lipinski definition) is 2. The molecule has 0 spiro atoms. The maximum Gasteiger partial charge on any atom is 0.257 e. The minimum atomic E-state index is -0.185. The summed E-state index contributed by atoms with van der Waals surface area (Å²) < 4.78 is 11.4. The molecular weight excluding hydrogens is 384 g/mol. The van der Waals surface area contributed by atoms with E-state index in [4.69, 9.17) is 9.47 Å². The molecule has 4 rings (SSSR count). The topological polar surface area (TPSA) is 96.6 Å². The van der Waals surface area contributed by atoms with Gasteiger partial charge >= 0.3 is 0 Å². The highest BCUT2D eigenvalue weighted by molar-refractivity contribution is 5.95. The van der Waals surface area contributed by atoms with Gasteiger partial charge in [0.2, 0.25) is 5.91 Å². The van der Waals surface area contributed by atoms with Crippen LogP contribution in [0, 0.1) is 0 Å². The van der Waals surface area contributed by atoms with Crippen molar-refractivity contribution in [2.75, 3.05) is 27.8 Å². The molecule has 1 aliphatic rings. The van der Waals surface area contributed by atoms with Gasteiger partial charge in [0, 0.05) is 44.3 Å². The average Bonchev–Trinajstić information content (AvgIpc) is 2.76. The van der Waals surface area contributed by atoms with Crippen LogP contribution in [0.5, 0.6) is 11.5 Å². The quantitative estimate of drug-likeness (QED) is 0.647. The maximum atomic E-state index is 12.2. The molecule has 1 saturated heterocycles. The zero-order valence-electron chi connectivity index (χ0n) is 17.2. The smallest absolute Gasteiger partial charge is 0.257 e. The largest absolute Gasteiger partial charge is 0.496 e. The second-order valence-electron chi connectivity index (χ2n) is 7.20. The lowest BCUT2D eigenvalue weighted by molar-refractivity contribution is -0.130. The van der Waals surface area contributed by atoms with Gasteiger partial charge < -0.3 is 19.8 Å². The average molecular weight is 408 g/mol. The predicted octanol–water partition coefficient (Wildman–Crippen LogP) is 1.93. The summed E-state index contributed by atoms with van der Waals surface area (Å²) >= 11 is 0. The number of ether oxygens (including phenoxy) is 2. The molecule has 3 heterocycles. The number of pyridine rings is 2. The van der Waals surface area contributed by atoms with E-state index in [9.17, 15) is 9.59 Å². The fourth-order valence-electron chi connectivity index (χ4n) is 3.93. The van der Waals surface area contributed by atoms with Crippen LogP contribution in [-0.4, -0.2) is 54.6 Å². The van der Waals surface area contributed by atoms with Gasteiger partial charge in [0.05, 0.1) is 31.2 Å². The highest BCUT2D eigenvalue weighted by Crippen LogP contribution is 2.38. The van der Waals surface area contributed by atoms with Crippen molar-refractivity contribution in [3.05, 3.63) is 52.7 Å². The highest BCUT2D eigenvalue weighted by Gasteiger charge is 2.34. The van der Waals surface area contributed by atoms with E-state index in [1.807, 2.05) is 18.2 Å². The molecule has 8 nitrogen and oxygen atoms in total. The van der Waals surface area contributed by atoms with Gasteiger partial charge in [0.25, 0.3) is 5.56 Å². The van der Waals surface area contributed by atoms with Gasteiger partial charge in [-0.05, 0) is 35.6 Å². The summed E-state index contributed by atoms with van der Waals surface area (Å²) in [6.45, 7) is 1.38. The molecule has 1 aliphatic heterocycles. The lowest BCUT2D eigenvalue weighted by atomic mass is 9.97. The van der Waals surface area contributed by atoms with E-state index in [0.717, 1.165) is 35.0 Å². The first-order valence-electron chi connectivity index (χ1n) is 9.73. The van der Waals surface area contributed by atoms with Gasteiger partial charge in [-0.25, -0.2) is 0 Å². The molecule has 1 amide bonds. The van der Waals surface area contributed by atoms with Gasteiger partial charge in [-0.3, -0.25) is 19.5 Å². The minimum absolute atomic E-state index is 0.0177. The Bertz CT molecular complexity index is 1130. The second kappa shape index (κ2) is 8.16. The summed E-state index contributed by atoms with van der Waals surface area (Å²) in [5.74, 6) is 1.35. The number of aromatic nitrogens is 2. The summed E-state index contributed by atoms with van der Waals surface area (Å²) in [6.07, 6.45) is 5.75. The van der Waals surface area contributed by atoms with Gasteiger partial charge in [0.15, 0.2) is 0 Å². The number of H-pyrrole nitrogens is 1. The number of amides is 1. The monoisotopic (exact) mass is 408 g/mol. The van der Waals surface area contributed by atoms with Crippen molar-refractivity contribution < 1.29 is 14.3 Å². The zero-order valence-corrected chi connectivity index (χ0v) is 17.2. The summed E-state index contributed by atoms with van der Waals surface area (Å²) in [4.78, 5) is 33.1. The SMILES string of the molecule is CNC(=O)[C@@H]1CCN1Cc1c(OC)cc(-c2c[nH]c(=O)c3cnccc23)cc1OC. The van der Waals surface area contributed by atoms with Crippen LogP contribution < -0.4 is 20.3 Å². The Hall–Kier alpha value is -3.39. The number of likely N-dealkylation sites (N-methyl/N-ethyl adjacent to an activating group) is 1. The first kappa shape index (κ1) is 19.9. The number of likely N-dealkylation sites (tertiary alicyclic amines) is 1. The van der Waals surface area contributed by atoms with Crippen LogP contribution in [0.3, 0.4) is 0 Å². The maximum absolute atomic E-state index is 12.2. The van der Waals surface area contributed by atoms with E-state index in [2.05, 4.69) is 20.2 Å². The third kappa shape index (κ3) is 3.39. The first-order valence-corrected chi connectivity index (χ1v) is 9.73. The number of aromatic amines is 1. The number of methoxy groups -OCH3 is 2. The fraction of sp³-hybridized carbons (Fsp3) is 0.318. The molecule has 0 aliphatic carbocycles. The molecule has 1 aromatic carbocycles. The predicted molar refractivity (Wildman–Crippen MR) is 114 cm³/mol. The number of hydrogen-bond acceptors (Lipinski definition) is 6. The Labute approximate surface area is 173 Å². The molecule has 2 N–H and O–H groups in total. The molecule has 0 saturated carbocycles. The van der Waals surface area contributed by atoms with E-state index in [1.54, 1.807) is 39.9 Å². The Balaban J connectivity index is 1.77. The summed E-state index contributed by atoms with van der Waals surface area (Å²) in [7, 11) is 4.88. The highest BCUT2D eigenvalue weighted by atomic mass is 16.5. The molecule has 0 bridgehead atoms. The number of benzene rings is 1. The van der Waals surface area contributed by atoms with E-state index < -0.39 is 0 Å². The molecule has 3 aromatic rings. The molecule has 30 heavy (non-hydrogen) atoms. The van der Waals surface area contributed by atoms with Crippen LogP contribution >= 0.6 is 0 Å². The van der Waals surface area contributed by atoms with E-state index in [-0.39, 0.29) is 17.5 Å². The molecule has 156 valence electrons. The van der Waals surface area contributed by atoms with Crippen LogP contribution in [0.1, 0.15) is 12.0 Å². The molecule has 8 heteroatoms. The van der Waals surface area contributed by atoms with Crippen molar-refractivity contribution in [2.24, 2.45) is 0 Å². The van der Waals surface area contributed by atoms with E-state index in [1.165, 1.54) is 0 Å². The Morgan fingerprint density at radius 2 is 2.00 bits per heavy atom. The third-order valence-electron chi connectivity index (χ3n) is 5.66. The van der Waals surface area contributed by atoms with Crippen LogP contribution in [0.25, 0.3) is 21.9 Å². The first-order chi connectivity index (χ1) is 14.6. The molecule has 2 aromatic heterocycles. The van der Waals surface area contributed by atoms with Crippen LogP contribution in [0.2, 0.25) is 0 Å². The van der Waals surface area contributed by atoms with Crippen LogP contribution in [0.15, 0.2) is 41.6 Å². The molecular formula is C22H24N4O4. The number of carbonyl (C=O) groups is 1. The third-order valence-corrected chi connectivity index (χ3v) is 5.66. The van der Waals surface area contributed by atoms with Crippen LogP contribution in [0.4, 0.5) is 0 Å². The Morgan fingerprint density at radius 1 is 1.27 bits per heavy atom. The molecule has 0 unspecified atom stereocenters. The zero-order chi connectivity index (χ0) is 21.3. The van der Waals surface area contributed by atoms with Crippen molar-refractivity contribution in [3.8, 4) is 22.6 Å². The van der Waals surface area contributed by atoms with Gasteiger partial charge in [-0.1, -0.05) is 0 Å². The van der Waals surface area contributed by atoms with Crippen molar-refractivity contribution in [2.45, 2.75) is 19.0 Å². The molecule has 1 atom stereocenters. The standard InChI is InChI=1S/C22H24N4O4/c1-23-22(28)18-5-7-26(18)12-17-19(29-2)8-13(9-20(17)30-3)15-11-25-21(27)16-10-24-6-4-14(15)16/h4,6,8-11,18H,5,7,12H2,1-3H3,(H,23,28)(H,25,27)/t18-/m0/s1. The van der Waals surface area contributed by atoms with Gasteiger partial charge in [0.1, 0.15) is 11.5 Å². The van der Waals surface area contributed by atoms with E-state index in [0.29, 0.717) is 23.4 Å².